The largest absolute Gasteiger partial charge is 0.396 e. The van der Waals surface area contributed by atoms with Crippen LogP contribution in [0.15, 0.2) is 0 Å². The lowest BCUT2D eigenvalue weighted by molar-refractivity contribution is -0.122. The first-order valence-electron chi connectivity index (χ1n) is 5.53. The van der Waals surface area contributed by atoms with Gasteiger partial charge in [-0.15, -0.1) is 0 Å². The van der Waals surface area contributed by atoms with E-state index in [2.05, 4.69) is 5.32 Å². The van der Waals surface area contributed by atoms with Crippen LogP contribution >= 0.6 is 0 Å². The molecular formula is C10H19NO4S. The van der Waals surface area contributed by atoms with Crippen molar-refractivity contribution >= 4 is 15.7 Å². The van der Waals surface area contributed by atoms with Crippen LogP contribution in [-0.2, 0) is 14.6 Å². The van der Waals surface area contributed by atoms with Gasteiger partial charge in [0, 0.05) is 19.1 Å². The van der Waals surface area contributed by atoms with E-state index < -0.39 is 9.84 Å². The molecule has 0 saturated carbocycles. The molecule has 0 aromatic heterocycles. The van der Waals surface area contributed by atoms with Gasteiger partial charge in [0.25, 0.3) is 0 Å². The van der Waals surface area contributed by atoms with E-state index in [0.717, 1.165) is 0 Å². The Bertz CT molecular complexity index is 339. The number of carbonyl (C=O) groups excluding carboxylic acids is 1. The average Bonchev–Trinajstić information content (AvgIpc) is 2.45. The third-order valence-corrected chi connectivity index (χ3v) is 4.61. The highest BCUT2D eigenvalue weighted by atomic mass is 32.2. The molecule has 16 heavy (non-hydrogen) atoms. The first-order valence-corrected chi connectivity index (χ1v) is 7.35. The van der Waals surface area contributed by atoms with Crippen LogP contribution in [0.2, 0.25) is 0 Å². The molecule has 5 nitrogen and oxygen atoms in total. The molecule has 1 saturated heterocycles. The fourth-order valence-electron chi connectivity index (χ4n) is 1.89. The van der Waals surface area contributed by atoms with Crippen molar-refractivity contribution in [1.82, 2.24) is 5.32 Å². The van der Waals surface area contributed by atoms with E-state index in [4.69, 9.17) is 5.11 Å². The molecule has 1 fully saturated rings. The summed E-state index contributed by atoms with van der Waals surface area (Å²) in [6.45, 7) is 1.86. The van der Waals surface area contributed by atoms with Gasteiger partial charge in [0.15, 0.2) is 9.84 Å². The van der Waals surface area contributed by atoms with Gasteiger partial charge in [-0.3, -0.25) is 4.79 Å². The smallest absolute Gasteiger partial charge is 0.220 e. The molecule has 1 aliphatic heterocycles. The lowest BCUT2D eigenvalue weighted by Gasteiger charge is -2.14. The summed E-state index contributed by atoms with van der Waals surface area (Å²) in [6, 6.07) is -0.0597. The summed E-state index contributed by atoms with van der Waals surface area (Å²) in [5.74, 6) is 0.181. The van der Waals surface area contributed by atoms with E-state index in [0.29, 0.717) is 12.8 Å². The average molecular weight is 249 g/mol. The van der Waals surface area contributed by atoms with Gasteiger partial charge in [-0.05, 0) is 25.7 Å². The fraction of sp³-hybridized carbons (Fsp3) is 0.900. The van der Waals surface area contributed by atoms with Crippen LogP contribution in [0.5, 0.6) is 0 Å². The third-order valence-electron chi connectivity index (χ3n) is 2.77. The second-order valence-electron chi connectivity index (χ2n) is 4.45. The molecular weight excluding hydrogens is 230 g/mol. The van der Waals surface area contributed by atoms with Crippen molar-refractivity contribution in [3.63, 3.8) is 0 Å². The molecule has 1 heterocycles. The van der Waals surface area contributed by atoms with E-state index in [9.17, 15) is 13.2 Å². The number of aliphatic hydroxyl groups is 1. The first kappa shape index (κ1) is 13.4. The number of hydrogen-bond acceptors (Lipinski definition) is 4. The number of aliphatic hydroxyl groups excluding tert-OH is 1. The summed E-state index contributed by atoms with van der Waals surface area (Å²) in [5, 5.41) is 11.4. The Labute approximate surface area is 96.1 Å². The van der Waals surface area contributed by atoms with Crippen LogP contribution in [0.4, 0.5) is 0 Å². The van der Waals surface area contributed by atoms with Gasteiger partial charge in [0.1, 0.15) is 0 Å². The second kappa shape index (κ2) is 5.63. The summed E-state index contributed by atoms with van der Waals surface area (Å²) in [4.78, 5) is 11.5. The maximum absolute atomic E-state index is 11.5. The van der Waals surface area contributed by atoms with Gasteiger partial charge in [-0.1, -0.05) is 0 Å². The summed E-state index contributed by atoms with van der Waals surface area (Å²) in [7, 11) is -2.90. The molecule has 2 unspecified atom stereocenters. The lowest BCUT2D eigenvalue weighted by Crippen LogP contribution is -2.34. The van der Waals surface area contributed by atoms with Crippen molar-refractivity contribution in [3.05, 3.63) is 0 Å². The number of hydrogen-bond donors (Lipinski definition) is 2. The molecule has 0 spiro atoms. The highest BCUT2D eigenvalue weighted by Crippen LogP contribution is 2.21. The quantitative estimate of drug-likeness (QED) is 0.700. The van der Waals surface area contributed by atoms with Crippen LogP contribution in [0.1, 0.15) is 26.2 Å². The Hall–Kier alpha value is -0.620. The zero-order valence-electron chi connectivity index (χ0n) is 9.48. The van der Waals surface area contributed by atoms with Crippen molar-refractivity contribution < 1.29 is 18.3 Å². The van der Waals surface area contributed by atoms with Gasteiger partial charge < -0.3 is 10.4 Å². The second-order valence-corrected chi connectivity index (χ2v) is 6.68. The SMILES string of the molecule is CC(CCO)NC(=O)CC1CCS(=O)(=O)C1. The standard InChI is InChI=1S/C10H19NO4S/c1-8(2-4-12)11-10(13)6-9-3-5-16(14,15)7-9/h8-9,12H,2-7H2,1H3,(H,11,13). The van der Waals surface area contributed by atoms with Crippen LogP contribution in [0, 0.1) is 5.92 Å². The molecule has 2 atom stereocenters. The van der Waals surface area contributed by atoms with Gasteiger partial charge in [-0.2, -0.15) is 0 Å². The van der Waals surface area contributed by atoms with Crippen LogP contribution in [-0.4, -0.2) is 43.6 Å². The van der Waals surface area contributed by atoms with E-state index in [1.165, 1.54) is 0 Å². The number of amides is 1. The number of rotatable bonds is 5. The summed E-state index contributed by atoms with van der Waals surface area (Å²) in [5.41, 5.74) is 0. The molecule has 1 amide bonds. The van der Waals surface area contributed by atoms with Gasteiger partial charge in [0.05, 0.1) is 11.5 Å². The highest BCUT2D eigenvalue weighted by Gasteiger charge is 2.29. The first-order chi connectivity index (χ1) is 7.43. The molecule has 1 aliphatic rings. The molecule has 0 bridgehead atoms. The van der Waals surface area contributed by atoms with Crippen LogP contribution in [0.25, 0.3) is 0 Å². The molecule has 94 valence electrons. The van der Waals surface area contributed by atoms with E-state index in [-0.39, 0.29) is 42.4 Å². The summed E-state index contributed by atoms with van der Waals surface area (Å²) in [6.07, 6.45) is 1.38. The molecule has 1 rings (SSSR count). The van der Waals surface area contributed by atoms with Crippen molar-refractivity contribution in [2.75, 3.05) is 18.1 Å². The zero-order valence-corrected chi connectivity index (χ0v) is 10.3. The molecule has 0 aromatic carbocycles. The fourth-order valence-corrected chi connectivity index (χ4v) is 3.76. The Morgan fingerprint density at radius 1 is 1.56 bits per heavy atom. The Balaban J connectivity index is 2.30. The molecule has 2 N–H and O–H groups in total. The van der Waals surface area contributed by atoms with Crippen LogP contribution in [0.3, 0.4) is 0 Å². The summed E-state index contributed by atoms with van der Waals surface area (Å²) >= 11 is 0. The third kappa shape index (κ3) is 4.49. The minimum absolute atomic E-state index is 0.0358. The van der Waals surface area contributed by atoms with E-state index in [1.807, 2.05) is 6.92 Å². The van der Waals surface area contributed by atoms with Crippen LogP contribution < -0.4 is 5.32 Å². The predicted molar refractivity (Wildman–Crippen MR) is 60.7 cm³/mol. The van der Waals surface area contributed by atoms with Crippen molar-refractivity contribution in [3.8, 4) is 0 Å². The van der Waals surface area contributed by atoms with Gasteiger partial charge in [0.2, 0.25) is 5.91 Å². The van der Waals surface area contributed by atoms with Crippen molar-refractivity contribution in [2.45, 2.75) is 32.2 Å². The maximum Gasteiger partial charge on any atom is 0.220 e. The number of nitrogens with one attached hydrogen (secondary N) is 1. The predicted octanol–water partition coefficient (Wildman–Crippen LogP) is -0.302. The van der Waals surface area contributed by atoms with Gasteiger partial charge in [-0.25, -0.2) is 8.42 Å². The normalized spacial score (nSPS) is 25.2. The van der Waals surface area contributed by atoms with Crippen molar-refractivity contribution in [2.24, 2.45) is 5.92 Å². The number of sulfone groups is 1. The molecule has 0 aliphatic carbocycles. The Kier molecular flexibility index (Phi) is 4.73. The molecule has 0 radical (unpaired) electrons. The minimum Gasteiger partial charge on any atom is -0.396 e. The van der Waals surface area contributed by atoms with E-state index in [1.54, 1.807) is 0 Å². The summed E-state index contributed by atoms with van der Waals surface area (Å²) < 4.78 is 22.4. The van der Waals surface area contributed by atoms with Gasteiger partial charge >= 0.3 is 0 Å². The highest BCUT2D eigenvalue weighted by molar-refractivity contribution is 7.91. The topological polar surface area (TPSA) is 83.5 Å². The molecule has 6 heteroatoms. The number of carbonyl (C=O) groups is 1. The van der Waals surface area contributed by atoms with E-state index >= 15 is 0 Å². The zero-order chi connectivity index (χ0) is 12.2. The monoisotopic (exact) mass is 249 g/mol. The Morgan fingerprint density at radius 3 is 2.75 bits per heavy atom. The maximum atomic E-state index is 11.5. The van der Waals surface area contributed by atoms with Crippen molar-refractivity contribution in [1.29, 1.82) is 0 Å². The lowest BCUT2D eigenvalue weighted by atomic mass is 10.0. The molecule has 0 aromatic rings. The minimum atomic E-state index is -2.90. The Morgan fingerprint density at radius 2 is 2.25 bits per heavy atom.